The van der Waals surface area contributed by atoms with Crippen molar-refractivity contribution in [2.45, 2.75) is 6.42 Å². The van der Waals surface area contributed by atoms with E-state index < -0.39 is 23.0 Å². The minimum absolute atomic E-state index is 0.0238. The Morgan fingerprint density at radius 3 is 2.56 bits per heavy atom. The summed E-state index contributed by atoms with van der Waals surface area (Å²) in [6.07, 6.45) is 1.27. The third-order valence-corrected chi connectivity index (χ3v) is 5.40. The van der Waals surface area contributed by atoms with E-state index >= 15 is 0 Å². The molecule has 1 heterocycles. The summed E-state index contributed by atoms with van der Waals surface area (Å²) < 4.78 is 20.9. The van der Waals surface area contributed by atoms with Gasteiger partial charge in [0.25, 0.3) is 5.56 Å². The molecule has 34 heavy (non-hydrogen) atoms. The van der Waals surface area contributed by atoms with Gasteiger partial charge < -0.3 is 10.1 Å². The highest BCUT2D eigenvalue weighted by molar-refractivity contribution is 6.32. The maximum Gasteiger partial charge on any atom is 0.332 e. The monoisotopic (exact) mass is 479 g/mol. The predicted octanol–water partition coefficient (Wildman–Crippen LogP) is 4.18. The first-order valence-corrected chi connectivity index (χ1v) is 10.6. The number of hydrogen-bond donors (Lipinski definition) is 2. The van der Waals surface area contributed by atoms with Gasteiger partial charge in [0, 0.05) is 18.3 Å². The summed E-state index contributed by atoms with van der Waals surface area (Å²) in [6.45, 7) is 0. The summed E-state index contributed by atoms with van der Waals surface area (Å²) in [5.74, 6) is -0.553. The van der Waals surface area contributed by atoms with Crippen LogP contribution in [0.1, 0.15) is 5.56 Å². The Hall–Kier alpha value is -4.17. The van der Waals surface area contributed by atoms with E-state index in [0.717, 1.165) is 33.4 Å². The first-order chi connectivity index (χ1) is 16.3. The molecular weight excluding hydrogens is 461 g/mol. The summed E-state index contributed by atoms with van der Waals surface area (Å²) in [7, 11) is 1.54. The maximum atomic E-state index is 14.6. The van der Waals surface area contributed by atoms with Crippen molar-refractivity contribution in [2.75, 3.05) is 12.4 Å². The van der Waals surface area contributed by atoms with Gasteiger partial charge in [-0.3, -0.25) is 19.1 Å². The predicted molar refractivity (Wildman–Crippen MR) is 128 cm³/mol. The molecule has 0 radical (unpaired) electrons. The van der Waals surface area contributed by atoms with Crippen LogP contribution in [0.5, 0.6) is 5.75 Å². The second-order valence-corrected chi connectivity index (χ2v) is 7.83. The number of carbonyl (C=O) groups is 1. The van der Waals surface area contributed by atoms with Crippen molar-refractivity contribution in [3.05, 3.63) is 110 Å². The fraction of sp³-hybridized carbons (Fsp3) is 0.0800. The number of hydrogen-bond acceptors (Lipinski definition) is 4. The molecule has 0 saturated heterocycles. The van der Waals surface area contributed by atoms with Crippen molar-refractivity contribution in [2.24, 2.45) is 0 Å². The van der Waals surface area contributed by atoms with Gasteiger partial charge in [0.15, 0.2) is 0 Å². The van der Waals surface area contributed by atoms with E-state index in [1.807, 2.05) is 24.3 Å². The van der Waals surface area contributed by atoms with E-state index in [0.29, 0.717) is 10.8 Å². The zero-order valence-corrected chi connectivity index (χ0v) is 18.7. The van der Waals surface area contributed by atoms with Crippen LogP contribution < -0.4 is 21.3 Å². The van der Waals surface area contributed by atoms with Gasteiger partial charge in [-0.2, -0.15) is 0 Å². The number of H-pyrrole nitrogens is 1. The molecule has 4 aromatic rings. The lowest BCUT2D eigenvalue weighted by Gasteiger charge is -2.11. The fourth-order valence-corrected chi connectivity index (χ4v) is 3.72. The average Bonchev–Trinajstić information content (AvgIpc) is 2.80. The number of methoxy groups -OCH3 is 1. The van der Waals surface area contributed by atoms with Crippen molar-refractivity contribution in [1.29, 1.82) is 0 Å². The van der Waals surface area contributed by atoms with Crippen molar-refractivity contribution in [1.82, 2.24) is 9.55 Å². The Morgan fingerprint density at radius 1 is 1.06 bits per heavy atom. The van der Waals surface area contributed by atoms with Crippen LogP contribution in [-0.2, 0) is 11.2 Å². The fourth-order valence-electron chi connectivity index (χ4n) is 3.46. The zero-order valence-electron chi connectivity index (χ0n) is 18.0. The first kappa shape index (κ1) is 23.0. The lowest BCUT2D eigenvalue weighted by Crippen LogP contribution is -2.27. The molecule has 0 saturated carbocycles. The van der Waals surface area contributed by atoms with Gasteiger partial charge in [-0.15, -0.1) is 0 Å². The van der Waals surface area contributed by atoms with E-state index in [1.54, 1.807) is 25.3 Å². The molecule has 172 valence electrons. The maximum absolute atomic E-state index is 14.6. The SMILES string of the molecule is COc1ccc(-c2cccc(CC(=O)Nc3ccc(-n4ccc(=O)[nH]c4=O)cc3F)c2)cc1Cl. The van der Waals surface area contributed by atoms with E-state index in [1.165, 1.54) is 18.3 Å². The largest absolute Gasteiger partial charge is 0.495 e. The summed E-state index contributed by atoms with van der Waals surface area (Å²) in [5.41, 5.74) is 1.42. The molecule has 0 unspecified atom stereocenters. The number of ether oxygens (including phenoxy) is 1. The molecule has 7 nitrogen and oxygen atoms in total. The molecule has 0 bridgehead atoms. The Bertz CT molecular complexity index is 1500. The highest BCUT2D eigenvalue weighted by Gasteiger charge is 2.11. The van der Waals surface area contributed by atoms with Crippen LogP contribution in [-0.4, -0.2) is 22.6 Å². The van der Waals surface area contributed by atoms with Gasteiger partial charge >= 0.3 is 5.69 Å². The van der Waals surface area contributed by atoms with Crippen LogP contribution in [0.15, 0.2) is 82.5 Å². The normalized spacial score (nSPS) is 10.7. The zero-order chi connectivity index (χ0) is 24.2. The van der Waals surface area contributed by atoms with E-state index in [-0.39, 0.29) is 17.8 Å². The Balaban J connectivity index is 1.49. The number of benzene rings is 3. The van der Waals surface area contributed by atoms with Crippen LogP contribution in [0.4, 0.5) is 10.1 Å². The molecule has 0 spiro atoms. The number of nitrogens with one attached hydrogen (secondary N) is 2. The van der Waals surface area contributed by atoms with Gasteiger partial charge in [0.1, 0.15) is 11.6 Å². The number of amides is 1. The third kappa shape index (κ3) is 5.07. The Labute approximate surface area is 198 Å². The standard InChI is InChI=1S/C25H19ClFN3O4/c1-34-22-8-5-17(13-19(22)26)16-4-2-3-15(11-16)12-24(32)28-21-7-6-18(14-20(21)27)30-10-9-23(31)29-25(30)33/h2-11,13-14H,12H2,1H3,(H,28,32)(H,29,31,33). The van der Waals surface area contributed by atoms with Gasteiger partial charge in [-0.05, 0) is 41.0 Å². The highest BCUT2D eigenvalue weighted by Crippen LogP contribution is 2.30. The summed E-state index contributed by atoms with van der Waals surface area (Å²) in [4.78, 5) is 37.8. The molecule has 0 aliphatic heterocycles. The smallest absolute Gasteiger partial charge is 0.332 e. The molecule has 4 rings (SSSR count). The molecule has 1 aromatic heterocycles. The number of rotatable bonds is 6. The number of halogens is 2. The van der Waals surface area contributed by atoms with Crippen LogP contribution in [0.2, 0.25) is 5.02 Å². The van der Waals surface area contributed by atoms with Gasteiger partial charge in [-0.25, -0.2) is 9.18 Å². The minimum Gasteiger partial charge on any atom is -0.495 e. The van der Waals surface area contributed by atoms with Crippen molar-refractivity contribution >= 4 is 23.2 Å². The van der Waals surface area contributed by atoms with Gasteiger partial charge in [-0.1, -0.05) is 41.9 Å². The van der Waals surface area contributed by atoms with Crippen molar-refractivity contribution < 1.29 is 13.9 Å². The van der Waals surface area contributed by atoms with Crippen molar-refractivity contribution in [3.8, 4) is 22.6 Å². The number of aromatic nitrogens is 2. The van der Waals surface area contributed by atoms with Crippen LogP contribution in [0.3, 0.4) is 0 Å². The Kier molecular flexibility index (Phi) is 6.60. The number of aromatic amines is 1. The second kappa shape index (κ2) is 9.76. The first-order valence-electron chi connectivity index (χ1n) is 10.2. The number of anilines is 1. The quantitative estimate of drug-likeness (QED) is 0.434. The van der Waals surface area contributed by atoms with Gasteiger partial charge in [0.05, 0.1) is 29.9 Å². The lowest BCUT2D eigenvalue weighted by atomic mass is 10.0. The molecule has 2 N–H and O–H groups in total. The topological polar surface area (TPSA) is 93.2 Å². The second-order valence-electron chi connectivity index (χ2n) is 7.42. The molecule has 0 fully saturated rings. The van der Waals surface area contributed by atoms with Crippen LogP contribution >= 0.6 is 11.6 Å². The molecule has 3 aromatic carbocycles. The lowest BCUT2D eigenvalue weighted by molar-refractivity contribution is -0.115. The van der Waals surface area contributed by atoms with Crippen LogP contribution in [0.25, 0.3) is 16.8 Å². The average molecular weight is 480 g/mol. The summed E-state index contributed by atoms with van der Waals surface area (Å²) in [6, 6.07) is 17.9. The molecule has 0 aliphatic rings. The Morgan fingerprint density at radius 2 is 1.85 bits per heavy atom. The van der Waals surface area contributed by atoms with E-state index in [4.69, 9.17) is 16.3 Å². The van der Waals surface area contributed by atoms with Crippen molar-refractivity contribution in [3.63, 3.8) is 0 Å². The number of nitrogens with zero attached hydrogens (tertiary/aromatic N) is 1. The third-order valence-electron chi connectivity index (χ3n) is 5.11. The van der Waals surface area contributed by atoms with E-state index in [2.05, 4.69) is 10.3 Å². The molecule has 9 heteroatoms. The molecule has 1 amide bonds. The van der Waals surface area contributed by atoms with E-state index in [9.17, 15) is 18.8 Å². The molecule has 0 aliphatic carbocycles. The van der Waals surface area contributed by atoms with Gasteiger partial charge in [0.2, 0.25) is 5.91 Å². The molecule has 0 atom stereocenters. The number of carbonyl (C=O) groups excluding carboxylic acids is 1. The van der Waals surface area contributed by atoms with Crippen LogP contribution in [0, 0.1) is 5.82 Å². The molecular formula is C25H19ClFN3O4. The summed E-state index contributed by atoms with van der Waals surface area (Å²) >= 11 is 6.22. The minimum atomic E-state index is -0.717. The highest BCUT2D eigenvalue weighted by atomic mass is 35.5. The summed E-state index contributed by atoms with van der Waals surface area (Å²) in [5, 5.41) is 3.03.